The van der Waals surface area contributed by atoms with Crippen molar-refractivity contribution < 1.29 is 18.8 Å². The molecule has 5 aliphatic rings. The van der Waals surface area contributed by atoms with Gasteiger partial charge in [-0.1, -0.05) is 45.2 Å². The van der Waals surface area contributed by atoms with Crippen LogP contribution < -0.4 is 5.32 Å². The number of Topliss-reactive ketones (excluding diaryl/α,β-unsaturated/α-hetero) is 1. The lowest BCUT2D eigenvalue weighted by molar-refractivity contribution is -0.147. The minimum Gasteiger partial charge on any atom is -0.342 e. The lowest BCUT2D eigenvalue weighted by atomic mass is 9.68. The van der Waals surface area contributed by atoms with Crippen LogP contribution in [0.1, 0.15) is 106 Å². The van der Waals surface area contributed by atoms with E-state index >= 15 is 4.39 Å². The summed E-state index contributed by atoms with van der Waals surface area (Å²) < 4.78 is 15.8. The van der Waals surface area contributed by atoms with Crippen molar-refractivity contribution in [1.29, 1.82) is 0 Å². The van der Waals surface area contributed by atoms with Crippen LogP contribution in [0.25, 0.3) is 0 Å². The Hall–Kier alpha value is -2.24. The fourth-order valence-electron chi connectivity index (χ4n) is 7.47. The van der Waals surface area contributed by atoms with Gasteiger partial charge in [-0.05, 0) is 74.8 Å². The van der Waals surface area contributed by atoms with Gasteiger partial charge in [0.2, 0.25) is 5.91 Å². The molecule has 0 unspecified atom stereocenters. The molecule has 2 atom stereocenters. The third kappa shape index (κ3) is 4.72. The quantitative estimate of drug-likeness (QED) is 0.532. The number of nitrogens with one attached hydrogen (secondary N) is 1. The number of nitrogens with zero attached hydrogens (tertiary/aromatic N) is 1. The predicted molar refractivity (Wildman–Crippen MR) is 137 cm³/mol. The van der Waals surface area contributed by atoms with E-state index in [1.165, 1.54) is 6.07 Å². The number of hydrogen-bond acceptors (Lipinski definition) is 3. The molecular weight excluding hydrogens is 455 g/mol. The van der Waals surface area contributed by atoms with Crippen molar-refractivity contribution in [2.75, 3.05) is 13.1 Å². The molecule has 196 valence electrons. The van der Waals surface area contributed by atoms with Crippen LogP contribution in [-0.4, -0.2) is 41.6 Å². The topological polar surface area (TPSA) is 66.5 Å². The molecule has 1 N–H and O–H groups in total. The monoisotopic (exact) mass is 496 g/mol. The maximum atomic E-state index is 15.8. The fourth-order valence-corrected chi connectivity index (χ4v) is 7.47. The summed E-state index contributed by atoms with van der Waals surface area (Å²) in [6, 6.07) is 4.44. The highest BCUT2D eigenvalue weighted by Gasteiger charge is 2.56. The van der Waals surface area contributed by atoms with Crippen LogP contribution in [0.4, 0.5) is 4.39 Å². The molecule has 6 heteroatoms. The zero-order chi connectivity index (χ0) is 25.4. The number of rotatable bonds is 7. The van der Waals surface area contributed by atoms with Crippen LogP contribution >= 0.6 is 0 Å². The first-order valence-corrected chi connectivity index (χ1v) is 14.2. The lowest BCUT2D eigenvalue weighted by Gasteiger charge is -2.43. The standard InChI is InChI=1S/C30H41FN2O3/c1-19(2)27(34)26(21-8-4-3-5-9-21)32-28(35)24-12-6-11-23(25(24)31)22-10-7-15-33(18-22)29(36)30-14-13-20(16-30)17-30/h6,11-12,19-22,26H,3-5,7-10,13-18H2,1-2H3,(H,32,35)/t20?,22-,26-,30?/m1/s1. The van der Waals surface area contributed by atoms with E-state index in [1.54, 1.807) is 12.1 Å². The highest BCUT2D eigenvalue weighted by Crippen LogP contribution is 2.59. The van der Waals surface area contributed by atoms with E-state index < -0.39 is 17.8 Å². The van der Waals surface area contributed by atoms with Crippen LogP contribution in [-0.2, 0) is 9.59 Å². The van der Waals surface area contributed by atoms with E-state index in [1.807, 2.05) is 18.7 Å². The summed E-state index contributed by atoms with van der Waals surface area (Å²) in [6.45, 7) is 4.97. The fraction of sp³-hybridized carbons (Fsp3) is 0.700. The Labute approximate surface area is 214 Å². The molecule has 1 aromatic carbocycles. The molecule has 2 bridgehead atoms. The first-order valence-electron chi connectivity index (χ1n) is 14.2. The first kappa shape index (κ1) is 25.4. The zero-order valence-electron chi connectivity index (χ0n) is 21.9. The lowest BCUT2D eigenvalue weighted by Crippen LogP contribution is -2.50. The summed E-state index contributed by atoms with van der Waals surface area (Å²) in [5, 5.41) is 2.94. The molecule has 1 saturated heterocycles. The summed E-state index contributed by atoms with van der Waals surface area (Å²) in [7, 11) is 0. The smallest absolute Gasteiger partial charge is 0.254 e. The Bertz CT molecular complexity index is 1000. The Morgan fingerprint density at radius 1 is 1.03 bits per heavy atom. The molecule has 4 aliphatic carbocycles. The van der Waals surface area contributed by atoms with Crippen molar-refractivity contribution in [3.05, 3.63) is 35.1 Å². The van der Waals surface area contributed by atoms with E-state index in [4.69, 9.17) is 0 Å². The number of amides is 2. The highest BCUT2D eigenvalue weighted by atomic mass is 19.1. The van der Waals surface area contributed by atoms with Gasteiger partial charge >= 0.3 is 0 Å². The largest absolute Gasteiger partial charge is 0.342 e. The second-order valence-corrected chi connectivity index (χ2v) is 12.3. The van der Waals surface area contributed by atoms with E-state index in [0.717, 1.165) is 83.1 Å². The van der Waals surface area contributed by atoms with E-state index in [2.05, 4.69) is 5.32 Å². The third-order valence-electron chi connectivity index (χ3n) is 9.55. The number of piperidine rings is 1. The maximum absolute atomic E-state index is 15.8. The van der Waals surface area contributed by atoms with Gasteiger partial charge in [0.15, 0.2) is 5.78 Å². The molecule has 5 fully saturated rings. The average molecular weight is 497 g/mol. The number of carbonyl (C=O) groups is 3. The third-order valence-corrected chi connectivity index (χ3v) is 9.55. The molecule has 6 rings (SSSR count). The molecule has 0 radical (unpaired) electrons. The Kier molecular flexibility index (Phi) is 7.24. The molecule has 1 heterocycles. The van der Waals surface area contributed by atoms with Crippen LogP contribution in [0.3, 0.4) is 0 Å². The number of halogens is 1. The molecule has 36 heavy (non-hydrogen) atoms. The molecule has 0 spiro atoms. The molecular formula is C30H41FN2O3. The van der Waals surface area contributed by atoms with Gasteiger partial charge < -0.3 is 10.2 Å². The van der Waals surface area contributed by atoms with Gasteiger partial charge in [0, 0.05) is 30.3 Å². The van der Waals surface area contributed by atoms with Crippen molar-refractivity contribution in [2.24, 2.45) is 23.2 Å². The summed E-state index contributed by atoms with van der Waals surface area (Å²) in [5.74, 6) is -0.190. The van der Waals surface area contributed by atoms with E-state index in [9.17, 15) is 14.4 Å². The number of carbonyl (C=O) groups excluding carboxylic acids is 3. The average Bonchev–Trinajstić information content (AvgIpc) is 3.50. The van der Waals surface area contributed by atoms with Crippen LogP contribution in [0.15, 0.2) is 18.2 Å². The molecule has 4 saturated carbocycles. The van der Waals surface area contributed by atoms with Gasteiger partial charge in [-0.2, -0.15) is 0 Å². The van der Waals surface area contributed by atoms with Gasteiger partial charge in [-0.25, -0.2) is 4.39 Å². The number of benzene rings is 1. The Morgan fingerprint density at radius 2 is 1.78 bits per heavy atom. The van der Waals surface area contributed by atoms with Crippen molar-refractivity contribution in [2.45, 2.75) is 96.4 Å². The first-order chi connectivity index (χ1) is 17.3. The zero-order valence-corrected chi connectivity index (χ0v) is 21.9. The normalized spacial score (nSPS) is 29.1. The summed E-state index contributed by atoms with van der Waals surface area (Å²) in [4.78, 5) is 41.6. The molecule has 0 aromatic heterocycles. The van der Waals surface area contributed by atoms with Gasteiger partial charge in [-0.15, -0.1) is 0 Å². The second-order valence-electron chi connectivity index (χ2n) is 12.3. The van der Waals surface area contributed by atoms with Crippen molar-refractivity contribution >= 4 is 17.6 Å². The summed E-state index contributed by atoms with van der Waals surface area (Å²) >= 11 is 0. The Morgan fingerprint density at radius 3 is 2.44 bits per heavy atom. The number of ketones is 1. The minimum atomic E-state index is -0.569. The van der Waals surface area contributed by atoms with Crippen LogP contribution in [0.2, 0.25) is 0 Å². The molecule has 1 aromatic rings. The second kappa shape index (κ2) is 10.3. The maximum Gasteiger partial charge on any atom is 0.254 e. The molecule has 5 nitrogen and oxygen atoms in total. The molecule has 1 aliphatic heterocycles. The summed E-state index contributed by atoms with van der Waals surface area (Å²) in [6.07, 6.45) is 11.0. The minimum absolute atomic E-state index is 0.00420. The summed E-state index contributed by atoms with van der Waals surface area (Å²) in [5.41, 5.74) is 0.369. The van der Waals surface area contributed by atoms with Gasteiger partial charge in [0.05, 0.1) is 11.6 Å². The van der Waals surface area contributed by atoms with E-state index in [-0.39, 0.29) is 40.4 Å². The van der Waals surface area contributed by atoms with Gasteiger partial charge in [0.1, 0.15) is 5.82 Å². The Balaban J connectivity index is 1.31. The number of hydrogen-bond donors (Lipinski definition) is 1. The van der Waals surface area contributed by atoms with Crippen molar-refractivity contribution in [3.8, 4) is 0 Å². The van der Waals surface area contributed by atoms with Crippen molar-refractivity contribution in [3.63, 3.8) is 0 Å². The highest BCUT2D eigenvalue weighted by molar-refractivity contribution is 5.98. The number of likely N-dealkylation sites (tertiary alicyclic amines) is 1. The van der Waals surface area contributed by atoms with E-state index in [0.29, 0.717) is 12.1 Å². The number of fused-ring (bicyclic) bond motifs is 1. The van der Waals surface area contributed by atoms with Crippen LogP contribution in [0, 0.1) is 29.0 Å². The molecule has 2 amide bonds. The van der Waals surface area contributed by atoms with Crippen LogP contribution in [0.5, 0.6) is 0 Å². The van der Waals surface area contributed by atoms with Gasteiger partial charge in [-0.3, -0.25) is 14.4 Å². The predicted octanol–water partition coefficient (Wildman–Crippen LogP) is 5.63. The van der Waals surface area contributed by atoms with Crippen molar-refractivity contribution in [1.82, 2.24) is 10.2 Å². The SMILES string of the molecule is CC(C)C(=O)[C@H](NC(=O)c1cccc([C@@H]2CCCN(C(=O)C34CCC(C3)C4)C2)c1F)C1CCCCC1. The van der Waals surface area contributed by atoms with Gasteiger partial charge in [0.25, 0.3) is 5.91 Å².